The Labute approximate surface area is 468 Å². The molecule has 0 saturated carbocycles. The van der Waals surface area contributed by atoms with Crippen LogP contribution >= 0.6 is 0 Å². The number of rotatable bonds is 4. The van der Waals surface area contributed by atoms with Gasteiger partial charge in [0.1, 0.15) is 36.6 Å². The highest BCUT2D eigenvalue weighted by atomic mass is 16.8. The van der Waals surface area contributed by atoms with E-state index in [4.69, 9.17) is 71.1 Å². The molecule has 16 rings (SSSR count). The smallest absolute Gasteiger partial charge is 0.308 e. The molecule has 0 aromatic heterocycles. The van der Waals surface area contributed by atoms with E-state index < -0.39 is 103 Å². The van der Waals surface area contributed by atoms with Crippen molar-refractivity contribution in [3.8, 4) is 0 Å². The van der Waals surface area contributed by atoms with Gasteiger partial charge in [0.05, 0.1) is 129 Å². The summed E-state index contributed by atoms with van der Waals surface area (Å²) in [6, 6.07) is 0. The van der Waals surface area contributed by atoms with Crippen LogP contribution in [0, 0.1) is 23.7 Å². The Morgan fingerprint density at radius 3 is 2.09 bits per heavy atom. The molecular formula is C60H86O20. The quantitative estimate of drug-likeness (QED) is 0.228. The van der Waals surface area contributed by atoms with Crippen LogP contribution in [-0.2, 0) is 75.8 Å². The third-order valence-electron chi connectivity index (χ3n) is 22.0. The van der Waals surface area contributed by atoms with Gasteiger partial charge in [0.15, 0.2) is 17.4 Å². The lowest BCUT2D eigenvalue weighted by molar-refractivity contribution is -0.347. The van der Waals surface area contributed by atoms with Gasteiger partial charge in [0.2, 0.25) is 5.79 Å². The molecule has 20 heteroatoms. The number of carbonyl (C=O) groups excluding carboxylic acids is 1. The van der Waals surface area contributed by atoms with Crippen molar-refractivity contribution in [2.75, 3.05) is 6.61 Å². The molecule has 0 aromatic carbocycles. The fourth-order valence-corrected chi connectivity index (χ4v) is 18.2. The van der Waals surface area contributed by atoms with Crippen LogP contribution in [0.25, 0.3) is 0 Å². The fourth-order valence-electron chi connectivity index (χ4n) is 18.2. The number of aliphatic hydroxyl groups excluding tert-OH is 3. The lowest BCUT2D eigenvalue weighted by atomic mass is 9.79. The van der Waals surface area contributed by atoms with E-state index in [0.29, 0.717) is 70.6 Å². The lowest BCUT2D eigenvalue weighted by Gasteiger charge is -2.50. The van der Waals surface area contributed by atoms with E-state index in [2.05, 4.69) is 40.9 Å². The molecular weight excluding hydrogens is 1040 g/mol. The van der Waals surface area contributed by atoms with Gasteiger partial charge < -0.3 is 91.5 Å². The van der Waals surface area contributed by atoms with Gasteiger partial charge in [0.25, 0.3) is 0 Å². The summed E-state index contributed by atoms with van der Waals surface area (Å²) in [7, 11) is 0. The van der Waals surface area contributed by atoms with Crippen molar-refractivity contribution < 1.29 is 96.3 Å². The van der Waals surface area contributed by atoms with E-state index in [1.54, 1.807) is 0 Å². The van der Waals surface area contributed by atoms with Crippen LogP contribution in [0.1, 0.15) is 143 Å². The van der Waals surface area contributed by atoms with Crippen molar-refractivity contribution in [2.45, 2.75) is 313 Å². The molecule has 0 aliphatic carbocycles. The summed E-state index contributed by atoms with van der Waals surface area (Å²) >= 11 is 0. The van der Waals surface area contributed by atoms with Crippen LogP contribution in [0.5, 0.6) is 0 Å². The molecule has 16 aliphatic rings. The molecule has 0 amide bonds. The molecule has 12 bridgehead atoms. The van der Waals surface area contributed by atoms with Crippen molar-refractivity contribution >= 4 is 5.97 Å². The number of hydrogen-bond donors (Lipinski definition) is 4. The minimum Gasteiger partial charge on any atom is -0.459 e. The average Bonchev–Trinajstić information content (AvgIpc) is 4.43. The summed E-state index contributed by atoms with van der Waals surface area (Å²) in [6.45, 7) is 17.3. The van der Waals surface area contributed by atoms with Gasteiger partial charge in [-0.1, -0.05) is 40.9 Å². The van der Waals surface area contributed by atoms with E-state index in [-0.39, 0.29) is 122 Å². The SMILES string of the molecule is C=C1C2C[C@@H]3O[C@H]4C[C@H]5O[C@@]6(C[C@@H]7O[C@]8(C[C@H](C)C9O[C@H]([C@@H](O)C[C@@H](O)CO)C[C@@H]9O8)C[C@H](C)[C@@H]7O6)C[C@H]5O[C@H]4[C@H](C)[C@H]3OC(=O)C[C@H]3CC[C@@H]4OC5C6OC7(O)C[C@](CC[C@H]8CC(=C)[C@H](CC[C@@H](C[C@H]1C)O2)O8)(O[C@H]6[C@H]4O3)O[C@@H]57. The topological polar surface area (TPSA) is 236 Å². The molecule has 3 spiro atoms. The summed E-state index contributed by atoms with van der Waals surface area (Å²) < 4.78 is 103. The average molecular weight is 1130 g/mol. The first-order valence-corrected chi connectivity index (χ1v) is 30.9. The molecule has 80 heavy (non-hydrogen) atoms. The summed E-state index contributed by atoms with van der Waals surface area (Å²) in [4.78, 5) is 14.6. The fraction of sp³-hybridized carbons (Fsp3) is 0.917. The van der Waals surface area contributed by atoms with Gasteiger partial charge in [0, 0.05) is 63.7 Å². The molecule has 32 atom stereocenters. The summed E-state index contributed by atoms with van der Waals surface area (Å²) in [5, 5.41) is 42.3. The highest BCUT2D eigenvalue weighted by molar-refractivity contribution is 5.70. The summed E-state index contributed by atoms with van der Waals surface area (Å²) in [5.74, 6) is -4.74. The van der Waals surface area contributed by atoms with Gasteiger partial charge in [-0.05, 0) is 73.8 Å². The van der Waals surface area contributed by atoms with Crippen LogP contribution in [0.3, 0.4) is 0 Å². The maximum atomic E-state index is 14.6. The standard InChI is InChI=1S/C60H86O20/c1-26-13-33-7-9-37-27(2)14-35(66-37)11-12-57-25-60(65)56(80-57)55-54(79-60)53(78-57)52-38(70-55)10-8-34(68-52)16-47(64)73-51-31(6)50-43(69-42(51)17-39(67-33)30(26)5)19-41-45(72-50)22-59(74-41)23-46-49(77-59)29(4)21-58(76-46)20-28(3)48-44(75-58)18-40(71-48)36(63)15-32(62)24-61/h26,28-29,31-46,48-56,61-63,65H,2,5,7-25H2,1,3-4,6H3/t26-,28+,29+,31+,32-,33+,34-,35+,36+,37+,38+,39?,40+,41-,42+,43+,44+,45-,46+,48?,49+,50+,51-,52+,53+,54?,55?,56+,57-,58-,59+,60?/m1/s1. The largest absolute Gasteiger partial charge is 0.459 e. The van der Waals surface area contributed by atoms with Gasteiger partial charge in [-0.25, -0.2) is 0 Å². The Morgan fingerprint density at radius 2 is 1.25 bits per heavy atom. The Bertz CT molecular complexity index is 2400. The number of fused-ring (bicyclic) bond motifs is 10. The van der Waals surface area contributed by atoms with Crippen molar-refractivity contribution in [1.82, 2.24) is 0 Å². The molecule has 16 aliphatic heterocycles. The van der Waals surface area contributed by atoms with Crippen LogP contribution < -0.4 is 0 Å². The monoisotopic (exact) mass is 1130 g/mol. The third-order valence-corrected chi connectivity index (χ3v) is 22.0. The number of carbonyl (C=O) groups is 1. The first-order valence-electron chi connectivity index (χ1n) is 30.9. The van der Waals surface area contributed by atoms with Crippen LogP contribution in [-0.4, -0.2) is 203 Å². The summed E-state index contributed by atoms with van der Waals surface area (Å²) in [6.07, 6.45) is -0.945. The van der Waals surface area contributed by atoms with E-state index in [1.165, 1.54) is 0 Å². The Hall–Kier alpha value is -1.77. The third kappa shape index (κ3) is 9.31. The molecule has 0 aromatic rings. The van der Waals surface area contributed by atoms with Gasteiger partial charge in [-0.15, -0.1) is 0 Å². The summed E-state index contributed by atoms with van der Waals surface area (Å²) in [5.41, 5.74) is 2.08. The zero-order valence-corrected chi connectivity index (χ0v) is 46.8. The van der Waals surface area contributed by atoms with Crippen molar-refractivity contribution in [1.29, 1.82) is 0 Å². The zero-order chi connectivity index (χ0) is 54.9. The maximum Gasteiger partial charge on any atom is 0.308 e. The molecule has 16 fully saturated rings. The van der Waals surface area contributed by atoms with Crippen LogP contribution in [0.4, 0.5) is 0 Å². The lowest BCUT2D eigenvalue weighted by Crippen LogP contribution is -2.62. The van der Waals surface area contributed by atoms with E-state index in [0.717, 1.165) is 36.8 Å². The molecule has 446 valence electrons. The van der Waals surface area contributed by atoms with E-state index in [9.17, 15) is 25.2 Å². The molecule has 4 N–H and O–H groups in total. The molecule has 16 saturated heterocycles. The highest BCUT2D eigenvalue weighted by Crippen LogP contribution is 2.59. The first-order chi connectivity index (χ1) is 38.3. The normalized spacial score (nSPS) is 57.6. The van der Waals surface area contributed by atoms with Gasteiger partial charge in [-0.3, -0.25) is 4.79 Å². The molecule has 5 unspecified atom stereocenters. The number of esters is 1. The Morgan fingerprint density at radius 1 is 0.550 bits per heavy atom. The van der Waals surface area contributed by atoms with Crippen molar-refractivity contribution in [2.24, 2.45) is 23.7 Å². The predicted molar refractivity (Wildman–Crippen MR) is 275 cm³/mol. The molecule has 16 heterocycles. The maximum absolute atomic E-state index is 14.6. The number of hydrogen-bond acceptors (Lipinski definition) is 20. The predicted octanol–water partition coefficient (Wildman–Crippen LogP) is 4.25. The van der Waals surface area contributed by atoms with E-state index >= 15 is 0 Å². The number of ether oxygens (including phenoxy) is 15. The zero-order valence-electron chi connectivity index (χ0n) is 46.8. The second kappa shape index (κ2) is 20.2. The van der Waals surface area contributed by atoms with Crippen molar-refractivity contribution in [3.63, 3.8) is 0 Å². The molecule has 20 nitrogen and oxygen atoms in total. The first kappa shape index (κ1) is 54.9. The minimum atomic E-state index is -1.55. The van der Waals surface area contributed by atoms with Gasteiger partial charge >= 0.3 is 5.97 Å². The second-order valence-electron chi connectivity index (χ2n) is 27.8. The van der Waals surface area contributed by atoms with Crippen LogP contribution in [0.15, 0.2) is 24.3 Å². The van der Waals surface area contributed by atoms with E-state index in [1.807, 2.05) is 0 Å². The second-order valence-corrected chi connectivity index (χ2v) is 27.8. The Balaban J connectivity index is 0.658. The minimum absolute atomic E-state index is 0.0152. The molecule has 0 radical (unpaired) electrons. The van der Waals surface area contributed by atoms with Crippen LogP contribution in [0.2, 0.25) is 0 Å². The Kier molecular flexibility index (Phi) is 13.8. The van der Waals surface area contributed by atoms with Crippen molar-refractivity contribution in [3.05, 3.63) is 24.3 Å². The number of aliphatic hydroxyl groups is 4. The highest BCUT2D eigenvalue weighted by Gasteiger charge is 2.75. The van der Waals surface area contributed by atoms with Gasteiger partial charge in [-0.2, -0.15) is 0 Å².